The Balaban J connectivity index is 1.84. The van der Waals surface area contributed by atoms with Gasteiger partial charge in [-0.1, -0.05) is 50.4 Å². The Morgan fingerprint density at radius 2 is 2.18 bits per heavy atom. The maximum Gasteiger partial charge on any atom is 0.133 e. The van der Waals surface area contributed by atoms with Crippen molar-refractivity contribution < 1.29 is 0 Å². The maximum atomic E-state index is 4.23. The summed E-state index contributed by atoms with van der Waals surface area (Å²) in [4.78, 5) is 8.17. The Hall–Kier alpha value is -3.14. The Bertz CT molecular complexity index is 940. The van der Waals surface area contributed by atoms with E-state index >= 15 is 0 Å². The highest BCUT2D eigenvalue weighted by molar-refractivity contribution is 5.50. The number of benzene rings is 1. The molecule has 1 aliphatic heterocycles. The van der Waals surface area contributed by atoms with Crippen molar-refractivity contribution in [2.75, 3.05) is 5.32 Å². The third kappa shape index (κ3) is 4.39. The van der Waals surface area contributed by atoms with Gasteiger partial charge < -0.3 is 10.6 Å². The molecule has 2 aromatic rings. The van der Waals surface area contributed by atoms with E-state index in [0.29, 0.717) is 0 Å². The van der Waals surface area contributed by atoms with Crippen LogP contribution in [-0.4, -0.2) is 9.97 Å². The number of nitrogens with one attached hydrogen (secondary N) is 2. The van der Waals surface area contributed by atoms with E-state index in [1.165, 1.54) is 23.0 Å². The van der Waals surface area contributed by atoms with Crippen LogP contribution in [0.2, 0.25) is 0 Å². The van der Waals surface area contributed by atoms with E-state index in [1.807, 2.05) is 19.1 Å². The first-order valence-corrected chi connectivity index (χ1v) is 9.58. The predicted molar refractivity (Wildman–Crippen MR) is 117 cm³/mol. The summed E-state index contributed by atoms with van der Waals surface area (Å²) >= 11 is 0. The van der Waals surface area contributed by atoms with Gasteiger partial charge in [0, 0.05) is 24.0 Å². The van der Waals surface area contributed by atoms with Crippen molar-refractivity contribution >= 4 is 5.82 Å². The summed E-state index contributed by atoms with van der Waals surface area (Å²) in [5.74, 6) is 0.743. The van der Waals surface area contributed by atoms with Gasteiger partial charge in [0.1, 0.15) is 12.1 Å². The molecule has 1 aromatic heterocycles. The van der Waals surface area contributed by atoms with Crippen LogP contribution < -0.4 is 10.6 Å². The SMILES string of the molecule is C=C1NC(C)(c2cccc(CC)c2)C/C1=C\C=C(\Nc1ccncn1)C(=C)C. The van der Waals surface area contributed by atoms with Gasteiger partial charge in [0.15, 0.2) is 0 Å². The topological polar surface area (TPSA) is 49.8 Å². The maximum absolute atomic E-state index is 4.23. The highest BCUT2D eigenvalue weighted by Gasteiger charge is 2.34. The molecule has 0 radical (unpaired) electrons. The van der Waals surface area contributed by atoms with Gasteiger partial charge in [0.25, 0.3) is 0 Å². The van der Waals surface area contributed by atoms with Crippen molar-refractivity contribution in [3.63, 3.8) is 0 Å². The largest absolute Gasteiger partial charge is 0.376 e. The van der Waals surface area contributed by atoms with Crippen molar-refractivity contribution in [3.05, 3.63) is 102 Å². The minimum atomic E-state index is -0.147. The number of nitrogens with zero attached hydrogens (tertiary/aromatic N) is 2. The van der Waals surface area contributed by atoms with Gasteiger partial charge >= 0.3 is 0 Å². The van der Waals surface area contributed by atoms with Gasteiger partial charge in [-0.2, -0.15) is 0 Å². The van der Waals surface area contributed by atoms with Gasteiger partial charge in [-0.15, -0.1) is 0 Å². The number of aromatic nitrogens is 2. The van der Waals surface area contributed by atoms with Crippen molar-refractivity contribution in [2.24, 2.45) is 0 Å². The highest BCUT2D eigenvalue weighted by Crippen LogP contribution is 2.38. The molecule has 2 heterocycles. The molecule has 1 atom stereocenters. The van der Waals surface area contributed by atoms with Crippen LogP contribution in [0.15, 0.2) is 90.7 Å². The first-order chi connectivity index (χ1) is 13.4. The van der Waals surface area contributed by atoms with Crippen molar-refractivity contribution in [2.45, 2.75) is 39.2 Å². The minimum absolute atomic E-state index is 0.147. The Labute approximate surface area is 167 Å². The second-order valence-electron chi connectivity index (χ2n) is 7.44. The predicted octanol–water partition coefficient (Wildman–Crippen LogP) is 5.26. The number of hydrogen-bond donors (Lipinski definition) is 2. The summed E-state index contributed by atoms with van der Waals surface area (Å²) in [6.07, 6.45) is 9.31. The quantitative estimate of drug-likeness (QED) is 0.679. The standard InChI is InChI=1S/C24H28N4/c1-6-19-8-7-9-21(14-19)24(5)15-20(18(4)28-24)10-11-22(17(2)3)27-23-12-13-25-16-26-23/h7-14,16,28H,2,4,6,15H2,1,3,5H3,(H,25,26,27)/b20-10+,22-11+. The molecule has 4 heteroatoms. The van der Waals surface area contributed by atoms with Crippen LogP contribution in [0, 0.1) is 0 Å². The van der Waals surface area contributed by atoms with E-state index in [9.17, 15) is 0 Å². The van der Waals surface area contributed by atoms with Crippen LogP contribution in [0.25, 0.3) is 0 Å². The lowest BCUT2D eigenvalue weighted by atomic mass is 9.88. The number of aryl methyl sites for hydroxylation is 1. The van der Waals surface area contributed by atoms with Crippen LogP contribution >= 0.6 is 0 Å². The van der Waals surface area contributed by atoms with E-state index < -0.39 is 0 Å². The van der Waals surface area contributed by atoms with Crippen LogP contribution in [0.4, 0.5) is 5.82 Å². The molecule has 1 aliphatic rings. The Morgan fingerprint density at radius 1 is 1.36 bits per heavy atom. The molecule has 1 fully saturated rings. The lowest BCUT2D eigenvalue weighted by molar-refractivity contribution is 0.453. The van der Waals surface area contributed by atoms with Crippen LogP contribution in [0.5, 0.6) is 0 Å². The summed E-state index contributed by atoms with van der Waals surface area (Å²) in [6.45, 7) is 14.7. The summed E-state index contributed by atoms with van der Waals surface area (Å²) in [5, 5.41) is 6.90. The van der Waals surface area contributed by atoms with Crippen molar-refractivity contribution in [1.29, 1.82) is 0 Å². The van der Waals surface area contributed by atoms with Gasteiger partial charge in [-0.05, 0) is 54.7 Å². The molecule has 144 valence electrons. The molecule has 4 nitrogen and oxygen atoms in total. The van der Waals surface area contributed by atoms with Gasteiger partial charge in [-0.25, -0.2) is 9.97 Å². The number of rotatable bonds is 6. The molecular weight excluding hydrogens is 344 g/mol. The molecule has 3 rings (SSSR count). The van der Waals surface area contributed by atoms with Gasteiger partial charge in [0.2, 0.25) is 0 Å². The zero-order chi connectivity index (χ0) is 20.1. The second-order valence-corrected chi connectivity index (χ2v) is 7.44. The van der Waals surface area contributed by atoms with Crippen molar-refractivity contribution in [1.82, 2.24) is 15.3 Å². The zero-order valence-corrected chi connectivity index (χ0v) is 16.9. The minimum Gasteiger partial charge on any atom is -0.376 e. The van der Waals surface area contributed by atoms with E-state index in [4.69, 9.17) is 0 Å². The summed E-state index contributed by atoms with van der Waals surface area (Å²) in [5.41, 5.74) is 6.50. The van der Waals surface area contributed by atoms with E-state index in [2.05, 4.69) is 77.9 Å². The normalized spacial score (nSPS) is 20.9. The lowest BCUT2D eigenvalue weighted by Gasteiger charge is -2.25. The summed E-state index contributed by atoms with van der Waals surface area (Å²) in [6, 6.07) is 10.6. The first-order valence-electron chi connectivity index (χ1n) is 9.58. The zero-order valence-electron chi connectivity index (χ0n) is 16.9. The molecule has 0 amide bonds. The van der Waals surface area contributed by atoms with Gasteiger partial charge in [-0.3, -0.25) is 0 Å². The smallest absolute Gasteiger partial charge is 0.133 e. The summed E-state index contributed by atoms with van der Waals surface area (Å²) in [7, 11) is 0. The number of allylic oxidation sites excluding steroid dienone is 4. The molecule has 0 aliphatic carbocycles. The number of hydrogen-bond acceptors (Lipinski definition) is 4. The molecular formula is C24H28N4. The fraction of sp³-hybridized carbons (Fsp3) is 0.250. The number of anilines is 1. The third-order valence-corrected chi connectivity index (χ3v) is 5.09. The van der Waals surface area contributed by atoms with Crippen LogP contribution in [-0.2, 0) is 12.0 Å². The average molecular weight is 373 g/mol. The monoisotopic (exact) mass is 372 g/mol. The summed E-state index contributed by atoms with van der Waals surface area (Å²) < 4.78 is 0. The molecule has 0 bridgehead atoms. The van der Waals surface area contributed by atoms with E-state index in [1.54, 1.807) is 6.20 Å². The third-order valence-electron chi connectivity index (χ3n) is 5.09. The first kappa shape index (κ1) is 19.6. The fourth-order valence-electron chi connectivity index (χ4n) is 3.39. The Kier molecular flexibility index (Phi) is 5.78. The average Bonchev–Trinajstić information content (AvgIpc) is 3.00. The molecule has 1 saturated heterocycles. The highest BCUT2D eigenvalue weighted by atomic mass is 15.0. The Morgan fingerprint density at radius 3 is 2.86 bits per heavy atom. The lowest BCUT2D eigenvalue weighted by Crippen LogP contribution is -2.32. The molecule has 0 saturated carbocycles. The fourth-order valence-corrected chi connectivity index (χ4v) is 3.39. The van der Waals surface area contributed by atoms with E-state index in [-0.39, 0.29) is 5.54 Å². The van der Waals surface area contributed by atoms with Gasteiger partial charge in [0.05, 0.1) is 5.54 Å². The second kappa shape index (κ2) is 8.26. The molecule has 1 aromatic carbocycles. The molecule has 28 heavy (non-hydrogen) atoms. The van der Waals surface area contributed by atoms with E-state index in [0.717, 1.165) is 35.6 Å². The molecule has 2 N–H and O–H groups in total. The van der Waals surface area contributed by atoms with Crippen LogP contribution in [0.1, 0.15) is 38.3 Å². The van der Waals surface area contributed by atoms with Crippen LogP contribution in [0.3, 0.4) is 0 Å². The molecule has 0 spiro atoms. The molecule has 1 unspecified atom stereocenters. The van der Waals surface area contributed by atoms with Crippen molar-refractivity contribution in [3.8, 4) is 0 Å².